The Labute approximate surface area is 628 Å². The molecule has 7 N–H and O–H groups in total. The number of benzene rings is 3. The number of aryl methyl sites for hydroxylation is 4. The van der Waals surface area contributed by atoms with Crippen LogP contribution in [0.3, 0.4) is 0 Å². The van der Waals surface area contributed by atoms with E-state index >= 15 is 0 Å². The van der Waals surface area contributed by atoms with Crippen molar-refractivity contribution in [2.75, 3.05) is 38.2 Å². The predicted octanol–water partition coefficient (Wildman–Crippen LogP) is 14.6. The highest BCUT2D eigenvalue weighted by molar-refractivity contribution is 7.90. The number of nitrogens with zero attached hydrogens (tertiary/aromatic N) is 2. The van der Waals surface area contributed by atoms with E-state index in [0.717, 1.165) is 118 Å². The van der Waals surface area contributed by atoms with Crippen molar-refractivity contribution < 1.29 is 51.5 Å². The van der Waals surface area contributed by atoms with E-state index in [-0.39, 0.29) is 105 Å². The fraction of sp³-hybridized carbons (Fsp3) is 0.602. The van der Waals surface area contributed by atoms with Gasteiger partial charge in [-0.25, -0.2) is 8.42 Å². The van der Waals surface area contributed by atoms with E-state index in [0.29, 0.717) is 87.7 Å². The third kappa shape index (κ3) is 28.6. The van der Waals surface area contributed by atoms with Gasteiger partial charge in [0.15, 0.2) is 21.4 Å². The Morgan fingerprint density at radius 3 is 1.47 bits per heavy atom. The van der Waals surface area contributed by atoms with Gasteiger partial charge >= 0.3 is 5.97 Å². The second kappa shape index (κ2) is 45.4. The number of nitrogens with one attached hydrogen (secondary N) is 2. The molecule has 0 bridgehead atoms. The number of unbranched alkanes of at least 4 members (excludes halogenated alkanes) is 2. The van der Waals surface area contributed by atoms with E-state index < -0.39 is 27.9 Å². The fourth-order valence-electron chi connectivity index (χ4n) is 13.8. The first-order valence-electron chi connectivity index (χ1n) is 37.8. The second-order valence-electron chi connectivity index (χ2n) is 29.9. The van der Waals surface area contributed by atoms with Gasteiger partial charge in [-0.3, -0.25) is 44.2 Å². The third-order valence-electron chi connectivity index (χ3n) is 20.2. The van der Waals surface area contributed by atoms with Gasteiger partial charge < -0.3 is 30.8 Å². The van der Waals surface area contributed by atoms with Crippen LogP contribution >= 0.6 is 24.2 Å². The molecule has 3 fully saturated rings. The summed E-state index contributed by atoms with van der Waals surface area (Å²) < 4.78 is 29.0. The largest absolute Gasteiger partial charge is 0.480 e. The number of rotatable bonds is 38. The van der Waals surface area contributed by atoms with E-state index in [4.69, 9.17) is 27.5 Å². The molecule has 2 aliphatic heterocycles. The lowest BCUT2D eigenvalue weighted by atomic mass is 9.81. The molecule has 20 heteroatoms. The minimum atomic E-state index is -3.49. The first-order chi connectivity index (χ1) is 48.8. The number of sulfone groups is 1. The number of carboxylic acid groups (broad SMARTS) is 1. The summed E-state index contributed by atoms with van der Waals surface area (Å²) in [7, 11) is -3.49. The van der Waals surface area contributed by atoms with E-state index in [9.17, 15) is 47.1 Å². The van der Waals surface area contributed by atoms with Crippen molar-refractivity contribution >= 4 is 75.0 Å². The van der Waals surface area contributed by atoms with Gasteiger partial charge in [-0.1, -0.05) is 192 Å². The van der Waals surface area contributed by atoms with Crippen molar-refractivity contribution in [3.63, 3.8) is 0 Å². The summed E-state index contributed by atoms with van der Waals surface area (Å²) in [5.41, 5.74) is 17.0. The number of carboxylic acids is 1. The molecule has 1 aromatic heterocycles. The molecule has 2 saturated heterocycles. The summed E-state index contributed by atoms with van der Waals surface area (Å²) >= 11 is 10.3. The number of ketones is 4. The number of aliphatic carboxylic acids is 1. The molecule has 17 nitrogen and oxygen atoms in total. The topological polar surface area (TPSA) is 270 Å². The van der Waals surface area contributed by atoms with Crippen LogP contribution in [0.1, 0.15) is 205 Å². The molecular weight excluding hydrogens is 1360 g/mol. The highest BCUT2D eigenvalue weighted by atomic mass is 35.5. The van der Waals surface area contributed by atoms with Crippen LogP contribution in [0, 0.1) is 47.3 Å². The molecule has 3 aromatic carbocycles. The van der Waals surface area contributed by atoms with E-state index in [1.165, 1.54) is 11.6 Å². The van der Waals surface area contributed by atoms with Crippen LogP contribution in [0.15, 0.2) is 125 Å². The summed E-state index contributed by atoms with van der Waals surface area (Å²) in [6, 6.07) is 24.8. The van der Waals surface area contributed by atoms with Gasteiger partial charge in [0.05, 0.1) is 46.4 Å². The van der Waals surface area contributed by atoms with Crippen molar-refractivity contribution in [2.24, 2.45) is 58.8 Å². The van der Waals surface area contributed by atoms with Crippen molar-refractivity contribution in [1.29, 1.82) is 0 Å². The lowest BCUT2D eigenvalue weighted by Crippen LogP contribution is -2.54. The molecule has 2 amide bonds. The Kier molecular flexibility index (Phi) is 39.4. The molecule has 103 heavy (non-hydrogen) atoms. The zero-order valence-electron chi connectivity index (χ0n) is 63.9. The normalized spacial score (nSPS) is 18.1. The molecule has 0 spiro atoms. The number of halogens is 1. The van der Waals surface area contributed by atoms with Crippen LogP contribution in [-0.2, 0) is 64.3 Å². The highest BCUT2D eigenvalue weighted by Crippen LogP contribution is 2.37. The van der Waals surface area contributed by atoms with Crippen molar-refractivity contribution in [1.82, 2.24) is 20.4 Å². The van der Waals surface area contributed by atoms with Gasteiger partial charge in [0, 0.05) is 66.8 Å². The number of amides is 2. The maximum absolute atomic E-state index is 13.8. The zero-order chi connectivity index (χ0) is 76.7. The third-order valence-corrected chi connectivity index (χ3v) is 22.3. The molecule has 1 unspecified atom stereocenters. The van der Waals surface area contributed by atoms with Gasteiger partial charge in [0.25, 0.3) is 0 Å². The summed E-state index contributed by atoms with van der Waals surface area (Å²) in [4.78, 5) is 92.8. The zero-order valence-corrected chi connectivity index (χ0v) is 66.4. The SMILES string of the molecule is C=C(C(C)C)[C@@H]1CCCN1C(=O)[C@H](CCCCN)N[C@@H](CCc1ccccc1)C(=O)C(C)C.C=C(C(C)C)[C@@H]1CCCN1C(=O)[C@H](CCCCN)N[C@@H](CCc1ccccc1)C(=O)O.CC(C)C(=O)[C@@H]1CCCC1C(=O)[C@H](C)CS.CC(C)C(=O)c1cc(S(C)(=O)=O)c(Cl)cc1CCc1ccco1. The van der Waals surface area contributed by atoms with Crippen LogP contribution in [0.25, 0.3) is 0 Å². The number of furan rings is 1. The van der Waals surface area contributed by atoms with Crippen molar-refractivity contribution in [3.05, 3.63) is 149 Å². The van der Waals surface area contributed by atoms with Crippen LogP contribution in [-0.4, -0.2) is 139 Å². The molecule has 572 valence electrons. The number of hydrogen-bond donors (Lipinski definition) is 6. The number of carbonyl (C=O) groups excluding carboxylic acids is 6. The van der Waals surface area contributed by atoms with Crippen molar-refractivity contribution in [3.8, 4) is 0 Å². The van der Waals surface area contributed by atoms with Gasteiger partial charge in [-0.15, -0.1) is 0 Å². The first-order valence-corrected chi connectivity index (χ1v) is 40.7. The Morgan fingerprint density at radius 1 is 0.583 bits per heavy atom. The molecule has 9 atom stereocenters. The average Bonchev–Trinajstić information content (AvgIpc) is 1.31. The van der Waals surface area contributed by atoms with Gasteiger partial charge in [0.1, 0.15) is 23.4 Å². The smallest absolute Gasteiger partial charge is 0.320 e. The lowest BCUT2D eigenvalue weighted by molar-refractivity contribution is -0.141. The minimum Gasteiger partial charge on any atom is -0.480 e. The number of likely N-dealkylation sites (tertiary alicyclic amines) is 2. The Morgan fingerprint density at radius 2 is 1.06 bits per heavy atom. The molecule has 3 heterocycles. The maximum atomic E-state index is 13.8. The quantitative estimate of drug-likeness (QED) is 0.0105. The number of carbonyl (C=O) groups is 7. The number of nitrogens with two attached hydrogens (primary N) is 2. The molecule has 4 aromatic rings. The van der Waals surface area contributed by atoms with Crippen molar-refractivity contribution in [2.45, 2.75) is 239 Å². The summed E-state index contributed by atoms with van der Waals surface area (Å²) in [6.45, 7) is 32.8. The summed E-state index contributed by atoms with van der Waals surface area (Å²) in [5, 5.41) is 16.7. The predicted molar refractivity (Wildman–Crippen MR) is 420 cm³/mol. The summed E-state index contributed by atoms with van der Waals surface area (Å²) in [6.07, 6.45) is 17.7. The molecule has 1 aliphatic carbocycles. The van der Waals surface area contributed by atoms with Crippen LogP contribution in [0.2, 0.25) is 5.02 Å². The highest BCUT2D eigenvalue weighted by Gasteiger charge is 2.41. The monoisotopic (exact) mass is 1480 g/mol. The number of Topliss-reactive ketones (excluding diaryl/α,β-unsaturated/α-hetero) is 4. The molecular formula is C83H125ClN6O11S2. The number of hydrogen-bond acceptors (Lipinski definition) is 15. The fourth-order valence-corrected chi connectivity index (χ4v) is 15.3. The Balaban J connectivity index is 0.000000300. The average molecular weight is 1480 g/mol. The lowest BCUT2D eigenvalue weighted by Gasteiger charge is -2.33. The van der Waals surface area contributed by atoms with Crippen LogP contribution in [0.5, 0.6) is 0 Å². The van der Waals surface area contributed by atoms with Gasteiger partial charge in [-0.2, -0.15) is 12.6 Å². The van der Waals surface area contributed by atoms with Gasteiger partial charge in [0.2, 0.25) is 11.8 Å². The first kappa shape index (κ1) is 89.3. The van der Waals surface area contributed by atoms with Gasteiger partial charge in [-0.05, 0) is 168 Å². The number of thiol groups is 1. The van der Waals surface area contributed by atoms with Crippen LogP contribution in [0.4, 0.5) is 0 Å². The molecule has 7 rings (SSSR count). The minimum absolute atomic E-state index is 0.00715. The Hall–Kier alpha value is -6.06. The van der Waals surface area contributed by atoms with E-state index in [1.807, 2.05) is 99.0 Å². The Bertz CT molecular complexity index is 3430. The van der Waals surface area contributed by atoms with E-state index in [1.54, 1.807) is 32.2 Å². The molecule has 0 radical (unpaired) electrons. The van der Waals surface area contributed by atoms with E-state index in [2.05, 4.69) is 76.2 Å². The maximum Gasteiger partial charge on any atom is 0.320 e. The molecule has 3 aliphatic rings. The summed E-state index contributed by atoms with van der Waals surface area (Å²) in [5.74, 6) is 1.46. The standard InChI is InChI=1S/C28H45N3O2.C25H39N3O3.C17H19ClO4S.C13H22O2S/c1-20(2)22(5)26-15-11-19-31(26)28(33)25(14-9-10-18-29)30-24(27(32)21(3)4)17-16-23-12-7-6-8-13-23;1-18(2)19(3)23-13-9-17-28(23)24(29)21(12-7-8-16-26)27-22(25(30)31)15-14-20-10-5-4-6-11-20;1-11(2)17(19)14-10-16(23(3,20)21)15(18)9-12(14)6-7-13-5-4-8-22-13;1-8(2)12(14)10-5-4-6-11(10)13(15)9(3)7-16/h6-8,12-13,20-21,24-26,30H,5,9-11,14-19,29H2,1-4H3;4-6,10-11,18,21-23,27H,3,7-9,12-17,26H2,1-2H3,(H,30,31);4-5,8-11H,6-7H2,1-3H3;8-11,16H,4-7H2,1-3H3/t24-,25-,26-;21-,22-,23-;;9-,10-,11?/m00.1/s1. The molecule has 1 saturated carbocycles. The second-order valence-corrected chi connectivity index (χ2v) is 32.6. The van der Waals surface area contributed by atoms with Crippen LogP contribution < -0.4 is 22.1 Å².